The minimum atomic E-state index is -0.422. The highest BCUT2D eigenvalue weighted by Crippen LogP contribution is 2.40. The number of aldehydes is 1. The molecule has 2 aliphatic heterocycles. The summed E-state index contributed by atoms with van der Waals surface area (Å²) >= 11 is 0. The van der Waals surface area contributed by atoms with E-state index >= 15 is 0 Å². The number of allylic oxidation sites excluding steroid dienone is 1. The fourth-order valence-corrected chi connectivity index (χ4v) is 2.45. The Kier molecular flexibility index (Phi) is 3.02. The van der Waals surface area contributed by atoms with E-state index in [2.05, 4.69) is 10.9 Å². The van der Waals surface area contributed by atoms with Gasteiger partial charge in [0.15, 0.2) is 0 Å². The first-order valence-corrected chi connectivity index (χ1v) is 6.89. The first-order valence-electron chi connectivity index (χ1n) is 6.89. The fourth-order valence-electron chi connectivity index (χ4n) is 2.45. The van der Waals surface area contributed by atoms with Gasteiger partial charge in [0.25, 0.3) is 0 Å². The SMILES string of the molecule is CC1(C)ON(C2=CC3C(C=O)NNC3C=C2)OC1(C)C. The highest BCUT2D eigenvalue weighted by molar-refractivity contribution is 5.60. The molecular formula is C14H21N3O3. The molecule has 3 atom stereocenters. The van der Waals surface area contributed by atoms with Crippen LogP contribution in [0.2, 0.25) is 0 Å². The smallest absolute Gasteiger partial charge is 0.138 e. The van der Waals surface area contributed by atoms with Crippen LogP contribution in [0.15, 0.2) is 23.9 Å². The Morgan fingerprint density at radius 3 is 2.45 bits per heavy atom. The van der Waals surface area contributed by atoms with Gasteiger partial charge in [-0.2, -0.15) is 0 Å². The van der Waals surface area contributed by atoms with E-state index in [0.29, 0.717) is 0 Å². The number of hydrogen-bond donors (Lipinski definition) is 2. The maximum absolute atomic E-state index is 11.1. The van der Waals surface area contributed by atoms with Crippen LogP contribution in [0.3, 0.4) is 0 Å². The molecule has 0 aromatic rings. The lowest BCUT2D eigenvalue weighted by molar-refractivity contribution is -0.300. The monoisotopic (exact) mass is 279 g/mol. The number of fused-ring (bicyclic) bond motifs is 1. The van der Waals surface area contributed by atoms with E-state index in [1.807, 2.05) is 45.9 Å². The predicted octanol–water partition coefficient (Wildman–Crippen LogP) is 0.836. The summed E-state index contributed by atoms with van der Waals surface area (Å²) in [5, 5.41) is 1.47. The molecule has 6 nitrogen and oxygen atoms in total. The van der Waals surface area contributed by atoms with Crippen molar-refractivity contribution in [1.29, 1.82) is 0 Å². The Morgan fingerprint density at radius 2 is 1.85 bits per heavy atom. The number of nitrogens with zero attached hydrogens (tertiary/aromatic N) is 1. The molecule has 0 saturated carbocycles. The number of hydrazine groups is 1. The topological polar surface area (TPSA) is 62.8 Å². The number of carbonyl (C=O) groups excluding carboxylic acids is 1. The van der Waals surface area contributed by atoms with Gasteiger partial charge in [0.1, 0.15) is 17.5 Å². The first-order chi connectivity index (χ1) is 9.34. The Morgan fingerprint density at radius 1 is 1.20 bits per heavy atom. The van der Waals surface area contributed by atoms with Crippen LogP contribution in [0.1, 0.15) is 27.7 Å². The van der Waals surface area contributed by atoms with Crippen LogP contribution in [-0.4, -0.2) is 34.8 Å². The average Bonchev–Trinajstić information content (AvgIpc) is 2.87. The lowest BCUT2D eigenvalue weighted by atomic mass is 9.90. The molecule has 6 heteroatoms. The number of carbonyl (C=O) groups is 1. The first kappa shape index (κ1) is 13.8. The van der Waals surface area contributed by atoms with Gasteiger partial charge in [0.05, 0.1) is 11.7 Å². The van der Waals surface area contributed by atoms with E-state index in [0.717, 1.165) is 12.0 Å². The van der Waals surface area contributed by atoms with E-state index in [4.69, 9.17) is 9.68 Å². The number of hydrogen-bond acceptors (Lipinski definition) is 6. The molecule has 110 valence electrons. The second-order valence-corrected chi connectivity index (χ2v) is 6.46. The van der Waals surface area contributed by atoms with E-state index in [9.17, 15) is 4.79 Å². The van der Waals surface area contributed by atoms with Gasteiger partial charge in [-0.15, -0.1) is 5.23 Å². The molecule has 3 rings (SSSR count). The summed E-state index contributed by atoms with van der Waals surface area (Å²) in [5.41, 5.74) is 6.05. The highest BCUT2D eigenvalue weighted by Gasteiger charge is 2.50. The van der Waals surface area contributed by atoms with Crippen LogP contribution in [0.4, 0.5) is 0 Å². The zero-order valence-electron chi connectivity index (χ0n) is 12.2. The van der Waals surface area contributed by atoms with E-state index in [1.54, 1.807) is 0 Å². The van der Waals surface area contributed by atoms with Gasteiger partial charge in [0, 0.05) is 12.0 Å². The normalized spacial score (nSPS) is 37.7. The fraction of sp³-hybridized carbons (Fsp3) is 0.643. The highest BCUT2D eigenvalue weighted by atomic mass is 17.0. The number of nitrogens with one attached hydrogen (secondary N) is 2. The standard InChI is InChI=1S/C14H21N3O3/c1-13(2)14(3,4)20-17(19-13)9-5-6-11-10(7-9)12(8-18)16-15-11/h5-8,10-12,15-16H,1-4H3. The van der Waals surface area contributed by atoms with Crippen molar-refractivity contribution in [2.24, 2.45) is 5.92 Å². The Balaban J connectivity index is 1.82. The van der Waals surface area contributed by atoms with Crippen LogP contribution >= 0.6 is 0 Å². The molecule has 3 aliphatic rings. The lowest BCUT2D eigenvalue weighted by Gasteiger charge is -2.26. The van der Waals surface area contributed by atoms with Crippen LogP contribution in [-0.2, 0) is 14.5 Å². The van der Waals surface area contributed by atoms with Crippen molar-refractivity contribution in [1.82, 2.24) is 16.1 Å². The van der Waals surface area contributed by atoms with Crippen LogP contribution in [0.25, 0.3) is 0 Å². The Bertz CT molecular complexity index is 462. The van der Waals surface area contributed by atoms with Crippen LogP contribution in [0.5, 0.6) is 0 Å². The number of hydroxylamine groups is 2. The van der Waals surface area contributed by atoms with E-state index < -0.39 is 11.2 Å². The third-order valence-electron chi connectivity index (χ3n) is 4.51. The molecule has 2 heterocycles. The van der Waals surface area contributed by atoms with Crippen molar-refractivity contribution in [2.75, 3.05) is 0 Å². The van der Waals surface area contributed by atoms with E-state index in [1.165, 1.54) is 5.23 Å². The minimum absolute atomic E-state index is 0.0616. The maximum atomic E-state index is 11.1. The van der Waals surface area contributed by atoms with Crippen molar-refractivity contribution in [3.8, 4) is 0 Å². The number of rotatable bonds is 2. The quantitative estimate of drug-likeness (QED) is 0.730. The summed E-state index contributed by atoms with van der Waals surface area (Å²) in [6.07, 6.45) is 6.89. The summed E-state index contributed by atoms with van der Waals surface area (Å²) in [6.45, 7) is 7.98. The molecule has 1 aliphatic carbocycles. The molecule has 0 radical (unpaired) electrons. The second-order valence-electron chi connectivity index (χ2n) is 6.46. The van der Waals surface area contributed by atoms with Crippen LogP contribution < -0.4 is 10.9 Å². The summed E-state index contributed by atoms with van der Waals surface area (Å²) in [7, 11) is 0. The molecule has 0 spiro atoms. The molecule has 0 aromatic heterocycles. The van der Waals surface area contributed by atoms with Gasteiger partial charge in [-0.25, -0.2) is 20.5 Å². The van der Waals surface area contributed by atoms with Crippen molar-refractivity contribution >= 4 is 6.29 Å². The van der Waals surface area contributed by atoms with Crippen LogP contribution in [0, 0.1) is 5.92 Å². The largest absolute Gasteiger partial charge is 0.302 e. The van der Waals surface area contributed by atoms with E-state index in [-0.39, 0.29) is 18.0 Å². The van der Waals surface area contributed by atoms with Gasteiger partial charge >= 0.3 is 0 Å². The molecule has 0 bridgehead atoms. The van der Waals surface area contributed by atoms with Crippen molar-refractivity contribution in [2.45, 2.75) is 51.0 Å². The molecule has 2 fully saturated rings. The second kappa shape index (κ2) is 4.39. The zero-order chi connectivity index (χ0) is 14.5. The molecule has 0 amide bonds. The third kappa shape index (κ3) is 2.00. The van der Waals surface area contributed by atoms with Gasteiger partial charge in [-0.05, 0) is 39.8 Å². The van der Waals surface area contributed by atoms with Crippen molar-refractivity contribution in [3.05, 3.63) is 23.9 Å². The minimum Gasteiger partial charge on any atom is -0.302 e. The Labute approximate surface area is 118 Å². The lowest BCUT2D eigenvalue weighted by Crippen LogP contribution is -2.41. The molecule has 2 N–H and O–H groups in total. The summed E-state index contributed by atoms with van der Waals surface area (Å²) < 4.78 is 0. The molecular weight excluding hydrogens is 258 g/mol. The Hall–Kier alpha value is -1.21. The maximum Gasteiger partial charge on any atom is 0.138 e. The molecule has 2 saturated heterocycles. The van der Waals surface area contributed by atoms with Crippen molar-refractivity contribution < 1.29 is 14.5 Å². The molecule has 3 unspecified atom stereocenters. The average molecular weight is 279 g/mol. The predicted molar refractivity (Wildman–Crippen MR) is 72.8 cm³/mol. The third-order valence-corrected chi connectivity index (χ3v) is 4.51. The summed E-state index contributed by atoms with van der Waals surface area (Å²) in [4.78, 5) is 22.8. The van der Waals surface area contributed by atoms with Gasteiger partial charge in [-0.3, -0.25) is 0 Å². The zero-order valence-corrected chi connectivity index (χ0v) is 12.2. The molecule has 0 aromatic carbocycles. The van der Waals surface area contributed by atoms with Crippen molar-refractivity contribution in [3.63, 3.8) is 0 Å². The van der Waals surface area contributed by atoms with Gasteiger partial charge in [0.2, 0.25) is 0 Å². The van der Waals surface area contributed by atoms with Gasteiger partial charge in [-0.1, -0.05) is 6.08 Å². The summed E-state index contributed by atoms with van der Waals surface area (Å²) in [6, 6.07) is -0.110. The molecule has 20 heavy (non-hydrogen) atoms. The summed E-state index contributed by atoms with van der Waals surface area (Å²) in [5.74, 6) is 0.0616. The van der Waals surface area contributed by atoms with Gasteiger partial charge < -0.3 is 4.79 Å².